The minimum Gasteiger partial charge on any atom is -0.405 e. The normalized spacial score (nSPS) is 17.2. The van der Waals surface area contributed by atoms with Gasteiger partial charge in [-0.25, -0.2) is 0 Å². The Hall–Kier alpha value is -1.19. The molecule has 0 spiro atoms. The second-order valence-electron chi connectivity index (χ2n) is 4.04. The number of rotatable bonds is 2. The zero-order valence-electron chi connectivity index (χ0n) is 9.56. The molecule has 0 atom stereocenters. The first kappa shape index (κ1) is 10.9. The van der Waals surface area contributed by atoms with Crippen molar-refractivity contribution in [3.05, 3.63) is 42.5 Å². The smallest absolute Gasteiger partial charge is 0.156 e. The fourth-order valence-corrected chi connectivity index (χ4v) is 2.80. The lowest BCUT2D eigenvalue weighted by molar-refractivity contribution is -0.0490. The van der Waals surface area contributed by atoms with E-state index in [0.29, 0.717) is 0 Å². The fourth-order valence-electron chi connectivity index (χ4n) is 1.93. The van der Waals surface area contributed by atoms with E-state index in [1.165, 1.54) is 5.39 Å². The van der Waals surface area contributed by atoms with E-state index in [0.717, 1.165) is 35.7 Å². The maximum atomic E-state index is 5.83. The van der Waals surface area contributed by atoms with E-state index in [4.69, 9.17) is 4.84 Å². The van der Waals surface area contributed by atoms with Gasteiger partial charge in [0.25, 0.3) is 0 Å². The number of hydrogen-bond acceptors (Lipinski definition) is 3. The average molecular weight is 244 g/mol. The molecule has 0 aromatic heterocycles. The molecular weight excluding hydrogens is 230 g/mol. The van der Waals surface area contributed by atoms with Gasteiger partial charge in [0.1, 0.15) is 0 Å². The van der Waals surface area contributed by atoms with Gasteiger partial charge in [0, 0.05) is 30.7 Å². The Balaban J connectivity index is 1.80. The van der Waals surface area contributed by atoms with Gasteiger partial charge in [-0.3, -0.25) is 0 Å². The van der Waals surface area contributed by atoms with E-state index >= 15 is 0 Å². The van der Waals surface area contributed by atoms with Crippen LogP contribution in [0.4, 0.5) is 0 Å². The Labute approximate surface area is 106 Å². The van der Waals surface area contributed by atoms with Crippen molar-refractivity contribution < 1.29 is 4.84 Å². The summed E-state index contributed by atoms with van der Waals surface area (Å²) in [5, 5.41) is 4.34. The van der Waals surface area contributed by atoms with Crippen LogP contribution >= 0.6 is 11.8 Å². The molecule has 0 bridgehead atoms. The van der Waals surface area contributed by atoms with Crippen LogP contribution in [0.3, 0.4) is 0 Å². The van der Waals surface area contributed by atoms with Crippen molar-refractivity contribution >= 4 is 22.5 Å². The number of hydrogen-bond donors (Lipinski definition) is 0. The van der Waals surface area contributed by atoms with Gasteiger partial charge in [-0.1, -0.05) is 30.3 Å². The third-order valence-corrected chi connectivity index (χ3v) is 3.77. The molecule has 2 nitrogen and oxygen atoms in total. The Morgan fingerprint density at radius 1 is 1.06 bits per heavy atom. The van der Waals surface area contributed by atoms with Crippen molar-refractivity contribution in [2.24, 2.45) is 0 Å². The summed E-state index contributed by atoms with van der Waals surface area (Å²) in [5.41, 5.74) is 0. The molecule has 0 unspecified atom stereocenters. The largest absolute Gasteiger partial charge is 0.405 e. The van der Waals surface area contributed by atoms with Gasteiger partial charge in [0.2, 0.25) is 0 Å². The lowest BCUT2D eigenvalue weighted by atomic mass is 10.1. The number of thioether (sulfide) groups is 1. The first-order valence-electron chi connectivity index (χ1n) is 5.83. The van der Waals surface area contributed by atoms with Crippen LogP contribution in [0.25, 0.3) is 10.8 Å². The highest BCUT2D eigenvalue weighted by atomic mass is 32.2. The van der Waals surface area contributed by atoms with E-state index in [2.05, 4.69) is 24.3 Å². The minimum absolute atomic E-state index is 0.815. The van der Waals surface area contributed by atoms with Gasteiger partial charge in [-0.15, -0.1) is 5.06 Å². The predicted octanol–water partition coefficient (Wildman–Crippen LogP) is 2.98. The monoisotopic (exact) mass is 244 g/mol. The maximum Gasteiger partial charge on any atom is 0.156 e. The SMILES string of the molecule is [c]1c(ON2CCSCC2)ccc2ccccc12. The molecule has 1 aliphatic heterocycles. The van der Waals surface area contributed by atoms with Crippen molar-refractivity contribution in [1.82, 2.24) is 5.06 Å². The van der Waals surface area contributed by atoms with Crippen molar-refractivity contribution in [2.75, 3.05) is 24.6 Å². The van der Waals surface area contributed by atoms with Crippen molar-refractivity contribution in [3.63, 3.8) is 0 Å². The van der Waals surface area contributed by atoms with Crippen molar-refractivity contribution in [1.29, 1.82) is 0 Å². The first-order chi connectivity index (χ1) is 8.42. The van der Waals surface area contributed by atoms with Gasteiger partial charge in [0.05, 0.1) is 0 Å². The number of hydroxylamine groups is 2. The molecule has 3 rings (SSSR count). The summed E-state index contributed by atoms with van der Waals surface area (Å²) in [6.45, 7) is 1.98. The predicted molar refractivity (Wildman–Crippen MR) is 72.3 cm³/mol. The second-order valence-corrected chi connectivity index (χ2v) is 5.27. The molecule has 1 radical (unpaired) electrons. The van der Waals surface area contributed by atoms with Crippen LogP contribution < -0.4 is 4.84 Å². The van der Waals surface area contributed by atoms with Crippen molar-refractivity contribution in [2.45, 2.75) is 0 Å². The molecule has 1 saturated heterocycles. The number of nitrogens with zero attached hydrogens (tertiary/aromatic N) is 1. The molecule has 2 aromatic carbocycles. The molecule has 3 heteroatoms. The summed E-state index contributed by atoms with van der Waals surface area (Å²) >= 11 is 1.98. The minimum atomic E-state index is 0.815. The van der Waals surface area contributed by atoms with E-state index < -0.39 is 0 Å². The number of fused-ring (bicyclic) bond motifs is 1. The van der Waals surface area contributed by atoms with E-state index in [1.54, 1.807) is 0 Å². The summed E-state index contributed by atoms with van der Waals surface area (Å²) in [7, 11) is 0. The molecule has 0 aliphatic carbocycles. The fraction of sp³-hybridized carbons (Fsp3) is 0.286. The maximum absolute atomic E-state index is 5.83. The van der Waals surface area contributed by atoms with Gasteiger partial charge in [-0.2, -0.15) is 11.8 Å². The van der Waals surface area contributed by atoms with E-state index in [1.807, 2.05) is 35.0 Å². The molecule has 1 fully saturated rings. The van der Waals surface area contributed by atoms with E-state index in [-0.39, 0.29) is 0 Å². The molecule has 87 valence electrons. The van der Waals surface area contributed by atoms with Crippen LogP contribution in [0.15, 0.2) is 36.4 Å². The summed E-state index contributed by atoms with van der Waals surface area (Å²) < 4.78 is 0. The summed E-state index contributed by atoms with van der Waals surface area (Å²) in [5.74, 6) is 3.11. The van der Waals surface area contributed by atoms with Crippen LogP contribution in [-0.4, -0.2) is 29.7 Å². The molecule has 1 aliphatic rings. The first-order valence-corrected chi connectivity index (χ1v) is 6.99. The van der Waals surface area contributed by atoms with Gasteiger partial charge < -0.3 is 4.84 Å². The van der Waals surface area contributed by atoms with Gasteiger partial charge >= 0.3 is 0 Å². The summed E-state index contributed by atoms with van der Waals surface area (Å²) in [4.78, 5) is 5.83. The third kappa shape index (κ3) is 2.56. The zero-order chi connectivity index (χ0) is 11.5. The van der Waals surface area contributed by atoms with Crippen molar-refractivity contribution in [3.8, 4) is 5.75 Å². The Morgan fingerprint density at radius 3 is 2.76 bits per heavy atom. The Morgan fingerprint density at radius 2 is 1.88 bits per heavy atom. The van der Waals surface area contributed by atoms with Gasteiger partial charge in [0.15, 0.2) is 5.75 Å². The van der Waals surface area contributed by atoms with Crippen LogP contribution in [0.2, 0.25) is 0 Å². The molecule has 2 aromatic rings. The second kappa shape index (κ2) is 4.98. The Bertz CT molecular complexity index is 508. The topological polar surface area (TPSA) is 12.5 Å². The molecule has 1 heterocycles. The molecule has 17 heavy (non-hydrogen) atoms. The lowest BCUT2D eigenvalue weighted by Crippen LogP contribution is -2.35. The van der Waals surface area contributed by atoms with Crippen LogP contribution in [0, 0.1) is 6.07 Å². The van der Waals surface area contributed by atoms with Gasteiger partial charge in [-0.05, 0) is 16.8 Å². The third-order valence-electron chi connectivity index (χ3n) is 2.83. The summed E-state index contributed by atoms with van der Waals surface area (Å²) in [6, 6.07) is 15.6. The zero-order valence-corrected chi connectivity index (χ0v) is 10.4. The molecule has 0 saturated carbocycles. The number of benzene rings is 2. The lowest BCUT2D eigenvalue weighted by Gasteiger charge is -2.25. The standard InChI is InChI=1S/C14H14NOS/c1-2-4-13-11-14(6-5-12(13)3-1)16-15-7-9-17-10-8-15/h1-6H,7-10H2. The highest BCUT2D eigenvalue weighted by Gasteiger charge is 2.12. The quantitative estimate of drug-likeness (QED) is 0.806. The Kier molecular flexibility index (Phi) is 3.20. The van der Waals surface area contributed by atoms with E-state index in [9.17, 15) is 0 Å². The highest BCUT2D eigenvalue weighted by Crippen LogP contribution is 2.21. The van der Waals surface area contributed by atoms with Crippen LogP contribution in [-0.2, 0) is 0 Å². The van der Waals surface area contributed by atoms with Crippen LogP contribution in [0.5, 0.6) is 5.75 Å². The summed E-state index contributed by atoms with van der Waals surface area (Å²) in [6.07, 6.45) is 0. The molecule has 0 N–H and O–H groups in total. The highest BCUT2D eigenvalue weighted by molar-refractivity contribution is 7.99. The molecule has 0 amide bonds. The molecular formula is C14H14NOS. The average Bonchev–Trinajstić information content (AvgIpc) is 2.40. The van der Waals surface area contributed by atoms with Crippen LogP contribution in [0.1, 0.15) is 0 Å².